The van der Waals surface area contributed by atoms with E-state index in [1.54, 1.807) is 37.6 Å². The summed E-state index contributed by atoms with van der Waals surface area (Å²) in [5.41, 5.74) is 3.30. The molecule has 28 heavy (non-hydrogen) atoms. The molecule has 0 fully saturated rings. The molecule has 3 rings (SSSR count). The molecule has 6 nitrogen and oxygen atoms in total. The monoisotopic (exact) mass is 395 g/mol. The molecular weight excluding hydrogens is 374 g/mol. The van der Waals surface area contributed by atoms with Crippen LogP contribution in [0.1, 0.15) is 18.9 Å². The van der Waals surface area contributed by atoms with E-state index in [1.807, 2.05) is 29.7 Å². The number of nitriles is 1. The van der Waals surface area contributed by atoms with E-state index in [9.17, 15) is 13.7 Å². The van der Waals surface area contributed by atoms with Gasteiger partial charge in [-0.25, -0.2) is 8.42 Å². The average Bonchev–Trinajstić information content (AvgIpc) is 3.00. The van der Waals surface area contributed by atoms with Crippen LogP contribution in [0, 0.1) is 11.3 Å². The third-order valence-electron chi connectivity index (χ3n) is 4.41. The number of benzene rings is 2. The van der Waals surface area contributed by atoms with Gasteiger partial charge in [0.15, 0.2) is 0 Å². The maximum Gasteiger partial charge on any atom is 0.232 e. The smallest absolute Gasteiger partial charge is 0.232 e. The lowest BCUT2D eigenvalue weighted by Crippen LogP contribution is -2.15. The first kappa shape index (κ1) is 19.5. The molecule has 0 aliphatic rings. The summed E-state index contributed by atoms with van der Waals surface area (Å²) in [6.07, 6.45) is 2.19. The lowest BCUT2D eigenvalue weighted by Gasteiger charge is -2.09. The van der Waals surface area contributed by atoms with Gasteiger partial charge in [0, 0.05) is 28.9 Å². The van der Waals surface area contributed by atoms with Crippen LogP contribution in [0.3, 0.4) is 0 Å². The van der Waals surface area contributed by atoms with Crippen molar-refractivity contribution in [3.05, 3.63) is 54.6 Å². The summed E-state index contributed by atoms with van der Waals surface area (Å²) < 4.78 is 33.6. The molecule has 0 saturated carbocycles. The van der Waals surface area contributed by atoms with Crippen LogP contribution >= 0.6 is 0 Å². The van der Waals surface area contributed by atoms with Gasteiger partial charge in [-0.05, 0) is 30.7 Å². The first-order valence-electron chi connectivity index (χ1n) is 8.79. The number of anilines is 1. The van der Waals surface area contributed by atoms with Gasteiger partial charge < -0.3 is 9.30 Å². The number of methoxy groups -OCH3 is 1. The van der Waals surface area contributed by atoms with Crippen LogP contribution in [-0.4, -0.2) is 25.8 Å². The summed E-state index contributed by atoms with van der Waals surface area (Å²) in [7, 11) is -1.76. The number of fused-ring (bicyclic) bond motifs is 1. The number of ether oxygens (including phenoxy) is 1. The number of nitrogens with zero attached hydrogens (tertiary/aromatic N) is 2. The number of hydrogen-bond donors (Lipinski definition) is 1. The predicted octanol–water partition coefficient (Wildman–Crippen LogP) is 4.44. The Labute approximate surface area is 164 Å². The molecule has 7 heteroatoms. The number of rotatable bonds is 7. The maximum absolute atomic E-state index is 12.0. The summed E-state index contributed by atoms with van der Waals surface area (Å²) in [5, 5.41) is 10.6. The third kappa shape index (κ3) is 3.59. The van der Waals surface area contributed by atoms with Crippen LogP contribution in [0.25, 0.3) is 28.4 Å². The molecule has 0 radical (unpaired) electrons. The number of nitrogens with one attached hydrogen (secondary N) is 1. The number of sulfonamides is 1. The molecule has 1 N–H and O–H groups in total. The topological polar surface area (TPSA) is 84.1 Å². The second-order valence-corrected chi connectivity index (χ2v) is 8.11. The van der Waals surface area contributed by atoms with Crippen molar-refractivity contribution in [3.8, 4) is 23.1 Å². The van der Waals surface area contributed by atoms with Crippen LogP contribution in [0.5, 0.6) is 5.75 Å². The minimum Gasteiger partial charge on any atom is -0.497 e. The van der Waals surface area contributed by atoms with E-state index in [4.69, 9.17) is 4.74 Å². The van der Waals surface area contributed by atoms with Crippen molar-refractivity contribution in [2.75, 3.05) is 17.6 Å². The van der Waals surface area contributed by atoms with Gasteiger partial charge in [0.05, 0.1) is 29.6 Å². The van der Waals surface area contributed by atoms with Crippen LogP contribution in [0.15, 0.2) is 49.0 Å². The lowest BCUT2D eigenvalue weighted by atomic mass is 10.1. The Balaban J connectivity index is 2.11. The zero-order valence-electron chi connectivity index (χ0n) is 15.8. The Morgan fingerprint density at radius 3 is 2.54 bits per heavy atom. The van der Waals surface area contributed by atoms with Crippen LogP contribution in [-0.2, 0) is 10.0 Å². The van der Waals surface area contributed by atoms with Crippen molar-refractivity contribution in [1.29, 1.82) is 5.26 Å². The van der Waals surface area contributed by atoms with Gasteiger partial charge in [-0.1, -0.05) is 25.6 Å². The van der Waals surface area contributed by atoms with Crippen molar-refractivity contribution in [2.45, 2.75) is 13.3 Å². The van der Waals surface area contributed by atoms with Gasteiger partial charge in [0.1, 0.15) is 11.8 Å². The standard InChI is InChI=1S/C21H21N3O3S/c1-4-12-28(25,26)23-16-8-6-15(7-9-16)21-19(14-22)18-11-10-17(27-3)13-20(18)24(21)5-2/h5-11,13,23H,2,4,12H2,1,3H3. The van der Waals surface area contributed by atoms with Gasteiger partial charge in [0.25, 0.3) is 0 Å². The highest BCUT2D eigenvalue weighted by Crippen LogP contribution is 2.35. The molecule has 0 bridgehead atoms. The fourth-order valence-electron chi connectivity index (χ4n) is 3.20. The molecule has 0 aliphatic carbocycles. The maximum atomic E-state index is 12.0. The van der Waals surface area contributed by atoms with Crippen molar-refractivity contribution >= 4 is 32.8 Å². The van der Waals surface area contributed by atoms with Gasteiger partial charge in [-0.15, -0.1) is 0 Å². The zero-order chi connectivity index (χ0) is 20.3. The summed E-state index contributed by atoms with van der Waals surface area (Å²) in [6.45, 7) is 5.69. The van der Waals surface area contributed by atoms with E-state index in [2.05, 4.69) is 17.4 Å². The van der Waals surface area contributed by atoms with E-state index < -0.39 is 10.0 Å². The second kappa shape index (κ2) is 7.79. The molecule has 3 aromatic rings. The molecule has 1 aromatic heterocycles. The minimum atomic E-state index is -3.35. The van der Waals surface area contributed by atoms with E-state index in [-0.39, 0.29) is 5.75 Å². The van der Waals surface area contributed by atoms with Gasteiger partial charge in [-0.2, -0.15) is 5.26 Å². The Kier molecular flexibility index (Phi) is 5.43. The first-order chi connectivity index (χ1) is 13.4. The molecule has 1 heterocycles. The summed E-state index contributed by atoms with van der Waals surface area (Å²) in [6, 6.07) is 14.8. The van der Waals surface area contributed by atoms with Gasteiger partial charge in [0.2, 0.25) is 10.0 Å². The van der Waals surface area contributed by atoms with E-state index in [0.717, 1.165) is 16.5 Å². The number of aromatic nitrogens is 1. The predicted molar refractivity (Wildman–Crippen MR) is 113 cm³/mol. The molecule has 0 spiro atoms. The van der Waals surface area contributed by atoms with Crippen molar-refractivity contribution in [1.82, 2.24) is 4.57 Å². The third-order valence-corrected chi connectivity index (χ3v) is 5.90. The fraction of sp³-hybridized carbons (Fsp3) is 0.190. The highest BCUT2D eigenvalue weighted by atomic mass is 32.2. The van der Waals surface area contributed by atoms with Gasteiger partial charge in [-0.3, -0.25) is 4.72 Å². The highest BCUT2D eigenvalue weighted by molar-refractivity contribution is 7.92. The minimum absolute atomic E-state index is 0.0693. The van der Waals surface area contributed by atoms with Crippen molar-refractivity contribution in [3.63, 3.8) is 0 Å². The molecule has 2 aromatic carbocycles. The van der Waals surface area contributed by atoms with Gasteiger partial charge >= 0.3 is 0 Å². The Bertz CT molecular complexity index is 1170. The SMILES string of the molecule is C=Cn1c(-c2ccc(NS(=O)(=O)CCC)cc2)c(C#N)c2ccc(OC)cc21. The van der Waals surface area contributed by atoms with Crippen molar-refractivity contribution in [2.24, 2.45) is 0 Å². The van der Waals surface area contributed by atoms with Crippen LogP contribution in [0.2, 0.25) is 0 Å². The second-order valence-electron chi connectivity index (χ2n) is 6.27. The molecule has 0 amide bonds. The average molecular weight is 395 g/mol. The molecule has 0 saturated heterocycles. The summed E-state index contributed by atoms with van der Waals surface area (Å²) >= 11 is 0. The molecule has 0 unspecified atom stereocenters. The largest absolute Gasteiger partial charge is 0.497 e. The quantitative estimate of drug-likeness (QED) is 0.641. The Hall–Kier alpha value is -3.24. The Morgan fingerprint density at radius 2 is 1.96 bits per heavy atom. The highest BCUT2D eigenvalue weighted by Gasteiger charge is 2.18. The molecule has 0 atom stereocenters. The molecule has 144 valence electrons. The first-order valence-corrected chi connectivity index (χ1v) is 10.4. The Morgan fingerprint density at radius 1 is 1.25 bits per heavy atom. The fourth-order valence-corrected chi connectivity index (χ4v) is 4.33. The number of hydrogen-bond acceptors (Lipinski definition) is 4. The van der Waals surface area contributed by atoms with E-state index in [0.29, 0.717) is 29.1 Å². The zero-order valence-corrected chi connectivity index (χ0v) is 16.6. The van der Waals surface area contributed by atoms with Crippen LogP contribution < -0.4 is 9.46 Å². The van der Waals surface area contributed by atoms with E-state index in [1.165, 1.54) is 0 Å². The molecular formula is C21H21N3O3S. The van der Waals surface area contributed by atoms with E-state index >= 15 is 0 Å². The normalized spacial score (nSPS) is 11.2. The lowest BCUT2D eigenvalue weighted by molar-refractivity contribution is 0.415. The summed E-state index contributed by atoms with van der Waals surface area (Å²) in [4.78, 5) is 0. The molecule has 0 aliphatic heterocycles. The summed E-state index contributed by atoms with van der Waals surface area (Å²) in [5.74, 6) is 0.754. The van der Waals surface area contributed by atoms with Crippen molar-refractivity contribution < 1.29 is 13.2 Å². The van der Waals surface area contributed by atoms with Crippen LogP contribution in [0.4, 0.5) is 5.69 Å².